The second-order valence-electron chi connectivity index (χ2n) is 7.39. The van der Waals surface area contributed by atoms with Gasteiger partial charge in [0.15, 0.2) is 23.1 Å². The molecule has 0 spiro atoms. The van der Waals surface area contributed by atoms with Crippen LogP contribution in [0.2, 0.25) is 0 Å². The Morgan fingerprint density at radius 2 is 1.58 bits per heavy atom. The average Bonchev–Trinajstić information content (AvgIpc) is 2.53. The molecular formula is C22H28O4. The maximum Gasteiger partial charge on any atom is 0.163 e. The average molecular weight is 356 g/mol. The number of hydrogen-bond donors (Lipinski definition) is 0. The molecule has 0 aromatic heterocycles. The molecule has 2 rings (SSSR count). The summed E-state index contributed by atoms with van der Waals surface area (Å²) in [6.07, 6.45) is 1.84. The van der Waals surface area contributed by atoms with E-state index in [2.05, 4.69) is 0 Å². The Morgan fingerprint density at radius 3 is 2.08 bits per heavy atom. The molecule has 1 aromatic rings. The van der Waals surface area contributed by atoms with Crippen molar-refractivity contribution in [2.45, 2.75) is 72.6 Å². The van der Waals surface area contributed by atoms with Gasteiger partial charge in [-0.2, -0.15) is 0 Å². The lowest BCUT2D eigenvalue weighted by atomic mass is 9.72. The SMILES string of the molecule is CCCC(=O)c1c(C)cc(C)c(C2CC(=O)C(C(=O)CC)C(=O)C2)c1C. The van der Waals surface area contributed by atoms with E-state index in [0.29, 0.717) is 6.42 Å². The maximum atomic E-state index is 12.6. The van der Waals surface area contributed by atoms with Crippen molar-refractivity contribution in [2.24, 2.45) is 5.92 Å². The molecule has 1 fully saturated rings. The normalized spacial score (nSPS) is 20.3. The van der Waals surface area contributed by atoms with E-state index < -0.39 is 5.92 Å². The molecule has 1 saturated carbocycles. The van der Waals surface area contributed by atoms with E-state index in [4.69, 9.17) is 0 Å². The Labute approximate surface area is 155 Å². The molecule has 0 radical (unpaired) electrons. The summed E-state index contributed by atoms with van der Waals surface area (Å²) < 4.78 is 0. The molecule has 0 amide bonds. The fraction of sp³-hybridized carbons (Fsp3) is 0.545. The van der Waals surface area contributed by atoms with Crippen LogP contribution in [0.1, 0.15) is 84.5 Å². The van der Waals surface area contributed by atoms with Gasteiger partial charge < -0.3 is 0 Å². The number of benzene rings is 1. The minimum absolute atomic E-state index is 0.108. The molecule has 26 heavy (non-hydrogen) atoms. The third-order valence-corrected chi connectivity index (χ3v) is 5.40. The third-order valence-electron chi connectivity index (χ3n) is 5.40. The molecule has 140 valence electrons. The van der Waals surface area contributed by atoms with Crippen molar-refractivity contribution in [2.75, 3.05) is 0 Å². The lowest BCUT2D eigenvalue weighted by Gasteiger charge is -2.29. The van der Waals surface area contributed by atoms with Crippen molar-refractivity contribution in [1.82, 2.24) is 0 Å². The number of carbonyl (C=O) groups excluding carboxylic acids is 4. The molecule has 4 nitrogen and oxygen atoms in total. The van der Waals surface area contributed by atoms with Gasteiger partial charge in [0.25, 0.3) is 0 Å². The Balaban J connectivity index is 2.45. The van der Waals surface area contributed by atoms with Crippen LogP contribution in [-0.4, -0.2) is 23.1 Å². The highest BCUT2D eigenvalue weighted by molar-refractivity contribution is 6.21. The zero-order valence-corrected chi connectivity index (χ0v) is 16.4. The Kier molecular flexibility index (Phi) is 6.27. The molecule has 0 unspecified atom stereocenters. The summed E-state index contributed by atoms with van der Waals surface area (Å²) in [6, 6.07) is 1.98. The predicted molar refractivity (Wildman–Crippen MR) is 101 cm³/mol. The van der Waals surface area contributed by atoms with Crippen LogP contribution in [0.15, 0.2) is 6.07 Å². The topological polar surface area (TPSA) is 68.3 Å². The first-order valence-electron chi connectivity index (χ1n) is 9.44. The Morgan fingerprint density at radius 1 is 1.00 bits per heavy atom. The van der Waals surface area contributed by atoms with Gasteiger partial charge in [0.1, 0.15) is 5.92 Å². The van der Waals surface area contributed by atoms with Gasteiger partial charge in [0.2, 0.25) is 0 Å². The number of aryl methyl sites for hydroxylation is 2. The monoisotopic (exact) mass is 356 g/mol. The minimum atomic E-state index is -1.08. The van der Waals surface area contributed by atoms with Crippen LogP contribution in [0.4, 0.5) is 0 Å². The molecule has 1 aliphatic carbocycles. The number of hydrogen-bond acceptors (Lipinski definition) is 4. The molecule has 0 N–H and O–H groups in total. The van der Waals surface area contributed by atoms with E-state index in [1.165, 1.54) is 0 Å². The van der Waals surface area contributed by atoms with Gasteiger partial charge in [-0.1, -0.05) is 19.9 Å². The van der Waals surface area contributed by atoms with Gasteiger partial charge in [-0.15, -0.1) is 0 Å². The fourth-order valence-electron chi connectivity index (χ4n) is 4.35. The fourth-order valence-corrected chi connectivity index (χ4v) is 4.35. The first-order valence-corrected chi connectivity index (χ1v) is 9.44. The summed E-state index contributed by atoms with van der Waals surface area (Å²) in [4.78, 5) is 49.5. The highest BCUT2D eigenvalue weighted by Gasteiger charge is 2.40. The van der Waals surface area contributed by atoms with Crippen LogP contribution in [-0.2, 0) is 14.4 Å². The van der Waals surface area contributed by atoms with Gasteiger partial charge >= 0.3 is 0 Å². The maximum absolute atomic E-state index is 12.6. The van der Waals surface area contributed by atoms with E-state index >= 15 is 0 Å². The highest BCUT2D eigenvalue weighted by atomic mass is 16.2. The second kappa shape index (κ2) is 8.07. The Hall–Kier alpha value is -2.10. The molecular weight excluding hydrogens is 328 g/mol. The zero-order valence-electron chi connectivity index (χ0n) is 16.4. The summed E-state index contributed by atoms with van der Waals surface area (Å²) in [5, 5.41) is 0. The first-order chi connectivity index (χ1) is 12.2. The van der Waals surface area contributed by atoms with Crippen LogP contribution in [0.3, 0.4) is 0 Å². The van der Waals surface area contributed by atoms with Crippen LogP contribution in [0.5, 0.6) is 0 Å². The van der Waals surface area contributed by atoms with Crippen molar-refractivity contribution in [3.63, 3.8) is 0 Å². The largest absolute Gasteiger partial charge is 0.298 e. The summed E-state index contributed by atoms with van der Waals surface area (Å²) >= 11 is 0. The van der Waals surface area contributed by atoms with Gasteiger partial charge in [0, 0.05) is 31.2 Å². The van der Waals surface area contributed by atoms with E-state index in [-0.39, 0.29) is 48.3 Å². The third kappa shape index (κ3) is 3.69. The second-order valence-corrected chi connectivity index (χ2v) is 7.39. The summed E-state index contributed by atoms with van der Waals surface area (Å²) in [5.41, 5.74) is 4.47. The van der Waals surface area contributed by atoms with Crippen LogP contribution < -0.4 is 0 Å². The van der Waals surface area contributed by atoms with Gasteiger partial charge in [-0.05, 0) is 55.4 Å². The standard InChI is InChI=1S/C22H28O4/c1-6-8-17(24)21-13(4)9-12(3)20(14(21)5)15-10-18(25)22(16(23)7-2)19(26)11-15/h9,15,22H,6-8,10-11H2,1-5H3. The van der Waals surface area contributed by atoms with E-state index in [0.717, 1.165) is 34.2 Å². The number of ketones is 4. The van der Waals surface area contributed by atoms with Gasteiger partial charge in [-0.3, -0.25) is 19.2 Å². The Bertz CT molecular complexity index is 755. The van der Waals surface area contributed by atoms with E-state index in [1.807, 2.05) is 33.8 Å². The number of Topliss-reactive ketones (excluding diaryl/α,β-unsaturated/α-hetero) is 4. The number of carbonyl (C=O) groups is 4. The smallest absolute Gasteiger partial charge is 0.163 e. The molecule has 0 bridgehead atoms. The van der Waals surface area contributed by atoms with Gasteiger partial charge in [0.05, 0.1) is 0 Å². The summed E-state index contributed by atoms with van der Waals surface area (Å²) in [5.74, 6) is -2.06. The minimum Gasteiger partial charge on any atom is -0.298 e. The van der Waals surface area contributed by atoms with Crippen molar-refractivity contribution in [3.8, 4) is 0 Å². The van der Waals surface area contributed by atoms with Crippen LogP contribution in [0.25, 0.3) is 0 Å². The molecule has 1 aromatic carbocycles. The van der Waals surface area contributed by atoms with Crippen LogP contribution in [0, 0.1) is 26.7 Å². The zero-order chi connectivity index (χ0) is 19.6. The lowest BCUT2D eigenvalue weighted by molar-refractivity contribution is -0.142. The van der Waals surface area contributed by atoms with Crippen LogP contribution >= 0.6 is 0 Å². The molecule has 4 heteroatoms. The van der Waals surface area contributed by atoms with Crippen molar-refractivity contribution < 1.29 is 19.2 Å². The quantitative estimate of drug-likeness (QED) is 0.566. The van der Waals surface area contributed by atoms with E-state index in [9.17, 15) is 19.2 Å². The molecule has 0 heterocycles. The molecule has 1 aliphatic rings. The lowest BCUT2D eigenvalue weighted by Crippen LogP contribution is -2.38. The molecule has 0 saturated heterocycles. The predicted octanol–water partition coefficient (Wildman–Crippen LogP) is 4.21. The van der Waals surface area contributed by atoms with Crippen molar-refractivity contribution >= 4 is 23.1 Å². The molecule has 0 aliphatic heterocycles. The summed E-state index contributed by atoms with van der Waals surface area (Å²) in [7, 11) is 0. The summed E-state index contributed by atoms with van der Waals surface area (Å²) in [6.45, 7) is 9.45. The first kappa shape index (κ1) is 20.2. The van der Waals surface area contributed by atoms with E-state index in [1.54, 1.807) is 6.92 Å². The van der Waals surface area contributed by atoms with Crippen molar-refractivity contribution in [1.29, 1.82) is 0 Å². The number of rotatable bonds is 6. The van der Waals surface area contributed by atoms with Gasteiger partial charge in [-0.25, -0.2) is 0 Å². The van der Waals surface area contributed by atoms with Crippen molar-refractivity contribution in [3.05, 3.63) is 33.9 Å². The molecule has 0 atom stereocenters. The highest BCUT2D eigenvalue weighted by Crippen LogP contribution is 2.38.